The van der Waals surface area contributed by atoms with Crippen LogP contribution in [0, 0.1) is 12.8 Å². The van der Waals surface area contributed by atoms with Gasteiger partial charge in [-0.1, -0.05) is 53.5 Å². The molecule has 42 heavy (non-hydrogen) atoms. The highest BCUT2D eigenvalue weighted by atomic mass is 35.5. The molecule has 12 heteroatoms. The number of carbonyl (C=O) groups excluding carboxylic acids is 2. The van der Waals surface area contributed by atoms with Crippen LogP contribution < -0.4 is 10.6 Å². The number of piperidine rings is 1. The van der Waals surface area contributed by atoms with E-state index in [9.17, 15) is 18.0 Å². The largest absolute Gasteiger partial charge is 0.346 e. The van der Waals surface area contributed by atoms with Gasteiger partial charge in [-0.3, -0.25) is 9.59 Å². The first-order chi connectivity index (χ1) is 20.0. The predicted molar refractivity (Wildman–Crippen MR) is 168 cm³/mol. The molecule has 2 N–H and O–H groups in total. The van der Waals surface area contributed by atoms with Crippen molar-refractivity contribution in [2.45, 2.75) is 37.5 Å². The molecule has 9 nitrogen and oxygen atoms in total. The summed E-state index contributed by atoms with van der Waals surface area (Å²) in [6, 6.07) is 12.3. The zero-order valence-corrected chi connectivity index (χ0v) is 27.1. The second-order valence-electron chi connectivity index (χ2n) is 11.0. The van der Waals surface area contributed by atoms with E-state index in [-0.39, 0.29) is 28.9 Å². The first-order valence-electron chi connectivity index (χ1n) is 14.4. The SMILES string of the molecule is Cc1c(Cl)ccc(S(=O)(=O)N(CCc2ccccc2)CC(=O)NCC(=O)N(CCCN(C)C)CC2CCNCC2)c1Cl. The number of nitrogens with zero attached hydrogens (tertiary/aromatic N) is 3. The van der Waals surface area contributed by atoms with Crippen LogP contribution in [-0.4, -0.2) is 101 Å². The molecule has 1 aliphatic rings. The van der Waals surface area contributed by atoms with Gasteiger partial charge in [-0.05, 0) is 95.5 Å². The topological polar surface area (TPSA) is 102 Å². The van der Waals surface area contributed by atoms with E-state index in [0.717, 1.165) is 48.8 Å². The zero-order chi connectivity index (χ0) is 30.7. The summed E-state index contributed by atoms with van der Waals surface area (Å²) in [5.74, 6) is -0.316. The quantitative estimate of drug-likeness (QED) is 0.310. The van der Waals surface area contributed by atoms with Gasteiger partial charge in [0.15, 0.2) is 0 Å². The highest BCUT2D eigenvalue weighted by Crippen LogP contribution is 2.32. The van der Waals surface area contributed by atoms with Crippen LogP contribution in [0.25, 0.3) is 0 Å². The Hall–Kier alpha value is -2.21. The predicted octanol–water partition coefficient (Wildman–Crippen LogP) is 3.43. The molecule has 1 heterocycles. The second kappa shape index (κ2) is 16.6. The van der Waals surface area contributed by atoms with Crippen molar-refractivity contribution < 1.29 is 18.0 Å². The van der Waals surface area contributed by atoms with Crippen LogP contribution >= 0.6 is 23.2 Å². The van der Waals surface area contributed by atoms with Gasteiger partial charge in [-0.25, -0.2) is 8.42 Å². The minimum atomic E-state index is -4.15. The minimum Gasteiger partial charge on any atom is -0.346 e. The fraction of sp³-hybridized carbons (Fsp3) is 0.533. The summed E-state index contributed by atoms with van der Waals surface area (Å²) >= 11 is 12.6. The molecule has 1 aliphatic heterocycles. The number of hydrogen-bond donors (Lipinski definition) is 2. The minimum absolute atomic E-state index is 0.0223. The lowest BCUT2D eigenvalue weighted by molar-refractivity contribution is -0.133. The molecule has 1 fully saturated rings. The Balaban J connectivity index is 1.71. The van der Waals surface area contributed by atoms with Gasteiger partial charge in [0.05, 0.1) is 18.1 Å². The Labute approximate surface area is 260 Å². The van der Waals surface area contributed by atoms with E-state index in [1.165, 1.54) is 12.1 Å². The van der Waals surface area contributed by atoms with Crippen LogP contribution in [0.2, 0.25) is 10.0 Å². The van der Waals surface area contributed by atoms with Crippen LogP contribution in [0.1, 0.15) is 30.4 Å². The van der Waals surface area contributed by atoms with Gasteiger partial charge < -0.3 is 20.4 Å². The van der Waals surface area contributed by atoms with Gasteiger partial charge in [0.2, 0.25) is 21.8 Å². The first kappa shape index (κ1) is 34.3. The summed E-state index contributed by atoms with van der Waals surface area (Å²) in [4.78, 5) is 30.2. The molecule has 0 bridgehead atoms. The van der Waals surface area contributed by atoms with E-state index in [1.807, 2.05) is 49.3 Å². The number of rotatable bonds is 15. The molecule has 0 saturated carbocycles. The lowest BCUT2D eigenvalue weighted by Gasteiger charge is -2.31. The van der Waals surface area contributed by atoms with Gasteiger partial charge in [0.1, 0.15) is 4.90 Å². The molecule has 0 spiro atoms. The molecular weight excluding hydrogens is 597 g/mol. The van der Waals surface area contributed by atoms with Gasteiger partial charge in [-0.15, -0.1) is 0 Å². The van der Waals surface area contributed by atoms with Crippen molar-refractivity contribution in [2.24, 2.45) is 5.92 Å². The molecule has 2 aromatic rings. The van der Waals surface area contributed by atoms with Crippen molar-refractivity contribution >= 4 is 45.0 Å². The molecule has 0 unspecified atom stereocenters. The van der Waals surface area contributed by atoms with Crippen molar-refractivity contribution in [1.82, 2.24) is 24.7 Å². The molecule has 0 aromatic heterocycles. The van der Waals surface area contributed by atoms with Gasteiger partial charge >= 0.3 is 0 Å². The summed E-state index contributed by atoms with van der Waals surface area (Å²) in [5.41, 5.74) is 1.37. The van der Waals surface area contributed by atoms with Crippen molar-refractivity contribution in [3.8, 4) is 0 Å². The molecule has 2 aromatic carbocycles. The maximum absolute atomic E-state index is 13.7. The number of hydrogen-bond acceptors (Lipinski definition) is 6. The number of carbonyl (C=O) groups is 2. The Morgan fingerprint density at radius 1 is 1.00 bits per heavy atom. The van der Waals surface area contributed by atoms with Crippen molar-refractivity contribution in [2.75, 3.05) is 66.5 Å². The van der Waals surface area contributed by atoms with Crippen LogP contribution in [0.15, 0.2) is 47.4 Å². The molecule has 0 aliphatic carbocycles. The average Bonchev–Trinajstić information content (AvgIpc) is 2.97. The number of benzene rings is 2. The van der Waals surface area contributed by atoms with Crippen LogP contribution in [0.4, 0.5) is 0 Å². The average molecular weight is 641 g/mol. The normalized spacial score (nSPS) is 14.4. The van der Waals surface area contributed by atoms with Gasteiger partial charge in [0, 0.05) is 24.7 Å². The van der Waals surface area contributed by atoms with Crippen LogP contribution in [-0.2, 0) is 26.0 Å². The first-order valence-corrected chi connectivity index (χ1v) is 16.6. The molecular formula is C30H43Cl2N5O4S. The fourth-order valence-electron chi connectivity index (χ4n) is 4.93. The van der Waals surface area contributed by atoms with E-state index in [1.54, 1.807) is 6.92 Å². The number of sulfonamides is 1. The van der Waals surface area contributed by atoms with E-state index in [0.29, 0.717) is 36.0 Å². The van der Waals surface area contributed by atoms with Gasteiger partial charge in [-0.2, -0.15) is 4.31 Å². The monoisotopic (exact) mass is 639 g/mol. The summed E-state index contributed by atoms with van der Waals surface area (Å²) in [7, 11) is -0.164. The Morgan fingerprint density at radius 3 is 2.36 bits per heavy atom. The van der Waals surface area contributed by atoms with Crippen molar-refractivity contribution in [3.05, 3.63) is 63.6 Å². The number of amides is 2. The summed E-state index contributed by atoms with van der Waals surface area (Å²) < 4.78 is 28.6. The molecule has 1 saturated heterocycles. The Kier molecular flexibility index (Phi) is 13.5. The highest BCUT2D eigenvalue weighted by Gasteiger charge is 2.30. The molecule has 0 radical (unpaired) electrons. The Bertz CT molecular complexity index is 1290. The van der Waals surface area contributed by atoms with E-state index >= 15 is 0 Å². The number of halogens is 2. The molecule has 0 atom stereocenters. The smallest absolute Gasteiger partial charge is 0.245 e. The zero-order valence-electron chi connectivity index (χ0n) is 24.7. The summed E-state index contributed by atoms with van der Waals surface area (Å²) in [5, 5.41) is 6.40. The molecule has 232 valence electrons. The third-order valence-electron chi connectivity index (χ3n) is 7.48. The highest BCUT2D eigenvalue weighted by molar-refractivity contribution is 7.89. The van der Waals surface area contributed by atoms with E-state index < -0.39 is 22.5 Å². The fourth-order valence-corrected chi connectivity index (χ4v) is 7.11. The third-order valence-corrected chi connectivity index (χ3v) is 10.4. The number of nitrogens with one attached hydrogen (secondary N) is 2. The van der Waals surface area contributed by atoms with Crippen molar-refractivity contribution in [3.63, 3.8) is 0 Å². The van der Waals surface area contributed by atoms with Crippen LogP contribution in [0.5, 0.6) is 0 Å². The standard InChI is InChI=1S/C30H43Cl2N5O4S/c1-23-26(31)10-11-27(30(23)32)42(40,41)37(19-14-24-8-5-4-6-9-24)22-28(38)34-20-29(39)36(18-7-17-35(2)3)21-25-12-15-33-16-13-25/h4-6,8-11,25,33H,7,12-22H2,1-3H3,(H,34,38). The van der Waals surface area contributed by atoms with Crippen molar-refractivity contribution in [1.29, 1.82) is 0 Å². The third kappa shape index (κ3) is 10.2. The summed E-state index contributed by atoms with van der Waals surface area (Å²) in [6.07, 6.45) is 3.23. The summed E-state index contributed by atoms with van der Waals surface area (Å²) in [6.45, 7) is 5.02. The van der Waals surface area contributed by atoms with E-state index in [2.05, 4.69) is 15.5 Å². The molecule has 3 rings (SSSR count). The second-order valence-corrected chi connectivity index (χ2v) is 13.7. The van der Waals surface area contributed by atoms with Gasteiger partial charge in [0.25, 0.3) is 0 Å². The maximum atomic E-state index is 13.7. The lowest BCUT2D eigenvalue weighted by Crippen LogP contribution is -2.47. The van der Waals surface area contributed by atoms with E-state index in [4.69, 9.17) is 23.2 Å². The molecule has 2 amide bonds. The Morgan fingerprint density at radius 2 is 1.69 bits per heavy atom. The maximum Gasteiger partial charge on any atom is 0.245 e. The van der Waals surface area contributed by atoms with Crippen LogP contribution in [0.3, 0.4) is 0 Å². The lowest BCUT2D eigenvalue weighted by atomic mass is 9.97.